The fourth-order valence-electron chi connectivity index (χ4n) is 4.62. The molecule has 7 heteroatoms. The van der Waals surface area contributed by atoms with Crippen LogP contribution in [0.15, 0.2) is 72.4 Å². The minimum atomic E-state index is -0.855. The minimum Gasteiger partial charge on any atom is -0.507 e. The molecule has 1 unspecified atom stereocenters. The number of ketones is 1. The summed E-state index contributed by atoms with van der Waals surface area (Å²) in [5.41, 5.74) is 4.07. The van der Waals surface area contributed by atoms with Crippen LogP contribution in [-0.4, -0.2) is 28.9 Å². The number of hydrogen-bond donors (Lipinski definition) is 2. The smallest absolute Gasteiger partial charge is 0.300 e. The first-order valence-electron chi connectivity index (χ1n) is 11.1. The summed E-state index contributed by atoms with van der Waals surface area (Å²) in [6.07, 6.45) is 1.78. The summed E-state index contributed by atoms with van der Waals surface area (Å²) in [6, 6.07) is 17.2. The zero-order valence-corrected chi connectivity index (χ0v) is 20.2. The van der Waals surface area contributed by atoms with Crippen molar-refractivity contribution in [3.8, 4) is 5.75 Å². The number of methoxy groups -OCH3 is 1. The Hall–Kier alpha value is -4.03. The molecule has 1 fully saturated rings. The fourth-order valence-corrected chi connectivity index (χ4v) is 4.79. The highest BCUT2D eigenvalue weighted by atomic mass is 35.5. The van der Waals surface area contributed by atoms with Gasteiger partial charge in [-0.15, -0.1) is 0 Å². The van der Waals surface area contributed by atoms with Crippen molar-refractivity contribution in [3.63, 3.8) is 0 Å². The number of carbonyl (C=O) groups excluding carboxylic acids is 2. The van der Waals surface area contributed by atoms with Gasteiger partial charge in [-0.1, -0.05) is 35.9 Å². The number of aliphatic hydroxyl groups is 1. The van der Waals surface area contributed by atoms with Crippen molar-refractivity contribution in [1.82, 2.24) is 4.98 Å². The topological polar surface area (TPSA) is 82.6 Å². The van der Waals surface area contributed by atoms with Gasteiger partial charge in [0.2, 0.25) is 0 Å². The lowest BCUT2D eigenvalue weighted by molar-refractivity contribution is -0.132. The van der Waals surface area contributed by atoms with E-state index in [9.17, 15) is 14.7 Å². The standard InChI is InChI=1S/C28H23ClN2O4/c1-15-8-9-17(13-22(15)29)31-25(21-14-30-23-7-5-4-6-20(21)23)24(27(33)28(31)34)26(32)19-11-10-18(35-3)12-16(19)2/h4-14,25,30,32H,1-3H3/b26-24+. The molecule has 0 spiro atoms. The Morgan fingerprint density at radius 1 is 1.03 bits per heavy atom. The number of aliphatic hydroxyl groups excluding tert-OH is 1. The molecule has 5 rings (SSSR count). The summed E-state index contributed by atoms with van der Waals surface area (Å²) in [5, 5.41) is 12.8. The second kappa shape index (κ2) is 8.64. The van der Waals surface area contributed by atoms with Gasteiger partial charge in [0.05, 0.1) is 18.7 Å². The number of aromatic nitrogens is 1. The number of nitrogens with one attached hydrogen (secondary N) is 1. The van der Waals surface area contributed by atoms with Gasteiger partial charge in [0.1, 0.15) is 11.5 Å². The number of anilines is 1. The summed E-state index contributed by atoms with van der Waals surface area (Å²) in [5.74, 6) is -1.10. The van der Waals surface area contributed by atoms with Crippen LogP contribution in [-0.2, 0) is 9.59 Å². The number of aromatic amines is 1. The molecule has 0 saturated carbocycles. The molecule has 6 nitrogen and oxygen atoms in total. The van der Waals surface area contributed by atoms with Gasteiger partial charge in [-0.25, -0.2) is 0 Å². The van der Waals surface area contributed by atoms with Crippen LogP contribution in [0.2, 0.25) is 5.02 Å². The van der Waals surface area contributed by atoms with Gasteiger partial charge >= 0.3 is 0 Å². The average Bonchev–Trinajstić information content (AvgIpc) is 3.39. The van der Waals surface area contributed by atoms with Crippen molar-refractivity contribution in [2.45, 2.75) is 19.9 Å². The average molecular weight is 487 g/mol. The lowest BCUT2D eigenvalue weighted by atomic mass is 9.93. The Kier molecular flexibility index (Phi) is 5.61. The molecule has 2 heterocycles. The van der Waals surface area contributed by atoms with Crippen molar-refractivity contribution in [1.29, 1.82) is 0 Å². The number of ether oxygens (including phenoxy) is 1. The molecular formula is C28H23ClN2O4. The number of aryl methyl sites for hydroxylation is 2. The number of para-hydroxylation sites is 1. The number of Topliss-reactive ketones (excluding diaryl/α,β-unsaturated/α-hetero) is 1. The third-order valence-corrected chi connectivity index (χ3v) is 6.89. The van der Waals surface area contributed by atoms with E-state index in [1.807, 2.05) is 38.1 Å². The van der Waals surface area contributed by atoms with E-state index in [1.165, 1.54) is 4.90 Å². The predicted octanol–water partition coefficient (Wildman–Crippen LogP) is 6.07. The normalized spacial score (nSPS) is 17.4. The van der Waals surface area contributed by atoms with E-state index in [0.29, 0.717) is 33.1 Å². The van der Waals surface area contributed by atoms with Crippen molar-refractivity contribution in [2.75, 3.05) is 12.0 Å². The first kappa shape index (κ1) is 22.7. The molecule has 2 N–H and O–H groups in total. The first-order chi connectivity index (χ1) is 16.8. The van der Waals surface area contributed by atoms with Crippen LogP contribution in [0.1, 0.15) is 28.3 Å². The van der Waals surface area contributed by atoms with Crippen LogP contribution in [0, 0.1) is 13.8 Å². The third-order valence-electron chi connectivity index (χ3n) is 6.48. The van der Waals surface area contributed by atoms with Crippen LogP contribution in [0.5, 0.6) is 5.75 Å². The number of H-pyrrole nitrogens is 1. The van der Waals surface area contributed by atoms with Crippen molar-refractivity contribution in [2.24, 2.45) is 0 Å². The number of amides is 1. The number of rotatable bonds is 4. The molecule has 176 valence electrons. The quantitative estimate of drug-likeness (QED) is 0.208. The number of carbonyl (C=O) groups is 2. The fraction of sp³-hybridized carbons (Fsp3) is 0.143. The van der Waals surface area contributed by atoms with Gasteiger partial charge in [0.15, 0.2) is 0 Å². The Morgan fingerprint density at radius 3 is 2.51 bits per heavy atom. The second-order valence-corrected chi connectivity index (χ2v) is 8.98. The van der Waals surface area contributed by atoms with Crippen LogP contribution in [0.25, 0.3) is 16.7 Å². The number of halogens is 1. The Bertz CT molecular complexity index is 1540. The van der Waals surface area contributed by atoms with E-state index in [0.717, 1.165) is 16.5 Å². The Labute approximate surface area is 207 Å². The second-order valence-electron chi connectivity index (χ2n) is 8.57. The van der Waals surface area contributed by atoms with Crippen LogP contribution in [0.3, 0.4) is 0 Å². The molecule has 35 heavy (non-hydrogen) atoms. The zero-order valence-electron chi connectivity index (χ0n) is 19.4. The Morgan fingerprint density at radius 2 is 1.80 bits per heavy atom. The van der Waals surface area contributed by atoms with Crippen LogP contribution >= 0.6 is 11.6 Å². The highest BCUT2D eigenvalue weighted by molar-refractivity contribution is 6.52. The molecule has 4 aromatic rings. The van der Waals surface area contributed by atoms with Crippen molar-refractivity contribution < 1.29 is 19.4 Å². The predicted molar refractivity (Wildman–Crippen MR) is 137 cm³/mol. The summed E-state index contributed by atoms with van der Waals surface area (Å²) in [6.45, 7) is 3.68. The summed E-state index contributed by atoms with van der Waals surface area (Å²) >= 11 is 6.39. The van der Waals surface area contributed by atoms with E-state index < -0.39 is 17.7 Å². The van der Waals surface area contributed by atoms with Gasteiger partial charge in [0.25, 0.3) is 11.7 Å². The lowest BCUT2D eigenvalue weighted by Gasteiger charge is -2.25. The molecular weight excluding hydrogens is 464 g/mol. The largest absolute Gasteiger partial charge is 0.507 e. The number of hydrogen-bond acceptors (Lipinski definition) is 4. The van der Waals surface area contributed by atoms with Gasteiger partial charge in [-0.05, 0) is 61.4 Å². The molecule has 0 bridgehead atoms. The number of fused-ring (bicyclic) bond motifs is 1. The maximum Gasteiger partial charge on any atom is 0.300 e. The van der Waals surface area contributed by atoms with E-state index >= 15 is 0 Å². The van der Waals surface area contributed by atoms with Gasteiger partial charge in [0, 0.05) is 38.9 Å². The number of benzene rings is 3. The molecule has 1 saturated heterocycles. The van der Waals surface area contributed by atoms with Crippen molar-refractivity contribution in [3.05, 3.63) is 99.7 Å². The van der Waals surface area contributed by atoms with E-state index in [-0.39, 0.29) is 11.3 Å². The number of nitrogens with zero attached hydrogens (tertiary/aromatic N) is 1. The van der Waals surface area contributed by atoms with Crippen LogP contribution < -0.4 is 9.64 Å². The van der Waals surface area contributed by atoms with E-state index in [2.05, 4.69) is 4.98 Å². The van der Waals surface area contributed by atoms with Gasteiger partial charge in [-0.3, -0.25) is 14.5 Å². The highest BCUT2D eigenvalue weighted by Gasteiger charge is 2.48. The molecule has 1 aromatic heterocycles. The molecule has 0 aliphatic carbocycles. The highest BCUT2D eigenvalue weighted by Crippen LogP contribution is 2.45. The third kappa shape index (κ3) is 3.67. The molecule has 3 aromatic carbocycles. The molecule has 1 aliphatic heterocycles. The summed E-state index contributed by atoms with van der Waals surface area (Å²) < 4.78 is 5.27. The molecule has 1 atom stereocenters. The molecule has 1 aliphatic rings. The first-order valence-corrected chi connectivity index (χ1v) is 11.5. The monoisotopic (exact) mass is 486 g/mol. The lowest BCUT2D eigenvalue weighted by Crippen LogP contribution is -2.29. The maximum absolute atomic E-state index is 13.5. The minimum absolute atomic E-state index is 0.0183. The summed E-state index contributed by atoms with van der Waals surface area (Å²) in [4.78, 5) is 31.5. The maximum atomic E-state index is 13.5. The Balaban J connectivity index is 1.78. The van der Waals surface area contributed by atoms with Gasteiger partial charge in [-0.2, -0.15) is 0 Å². The van der Waals surface area contributed by atoms with E-state index in [4.69, 9.17) is 16.3 Å². The van der Waals surface area contributed by atoms with Gasteiger partial charge < -0.3 is 14.8 Å². The molecule has 0 radical (unpaired) electrons. The zero-order chi connectivity index (χ0) is 24.9. The summed E-state index contributed by atoms with van der Waals surface area (Å²) in [7, 11) is 1.56. The van der Waals surface area contributed by atoms with Crippen molar-refractivity contribution >= 4 is 45.6 Å². The van der Waals surface area contributed by atoms with E-state index in [1.54, 1.807) is 49.7 Å². The van der Waals surface area contributed by atoms with Crippen LogP contribution in [0.4, 0.5) is 5.69 Å². The molecule has 1 amide bonds. The SMILES string of the molecule is COc1ccc(/C(O)=C2\C(=O)C(=O)N(c3ccc(C)c(Cl)c3)C2c2c[nH]c3ccccc23)c(C)c1.